The number of hydrogen-bond donors (Lipinski definition) is 9. The van der Waals surface area contributed by atoms with E-state index >= 15 is 0 Å². The first kappa shape index (κ1) is 62.4. The van der Waals surface area contributed by atoms with E-state index in [1.807, 2.05) is 79.4 Å². The lowest BCUT2D eigenvalue weighted by molar-refractivity contribution is -0.121. The van der Waals surface area contributed by atoms with Gasteiger partial charge in [-0.15, -0.1) is 0 Å². The molecule has 4 aromatic rings. The smallest absolute Gasteiger partial charge is 0.469 e. The van der Waals surface area contributed by atoms with Gasteiger partial charge in [0.1, 0.15) is 53.0 Å². The highest BCUT2D eigenvalue weighted by molar-refractivity contribution is 7.86. The number of aliphatic hydroxyl groups excluding tert-OH is 2. The van der Waals surface area contributed by atoms with Gasteiger partial charge in [-0.1, -0.05) is 55.3 Å². The number of nitrogens with one attached hydrogen (secondary N) is 3. The number of anilines is 3. The number of amides is 1. The molecule has 2 aromatic heterocycles. The van der Waals surface area contributed by atoms with Gasteiger partial charge in [0, 0.05) is 65.6 Å². The third-order valence-electron chi connectivity index (χ3n) is 15.0. The second kappa shape index (κ2) is 26.1. The number of nitrogen functional groups attached to an aromatic ring is 1. The molecule has 5 atom stereocenters. The summed E-state index contributed by atoms with van der Waals surface area (Å²) >= 11 is 0. The van der Waals surface area contributed by atoms with E-state index < -0.39 is 80.8 Å². The lowest BCUT2D eigenvalue weighted by Gasteiger charge is -2.30. The molecule has 0 saturated carbocycles. The van der Waals surface area contributed by atoms with Gasteiger partial charge in [-0.2, -0.15) is 13.4 Å². The van der Waals surface area contributed by atoms with E-state index in [9.17, 15) is 50.3 Å². The number of nitrogens with zero attached hydrogens (tertiary/aromatic N) is 5. The van der Waals surface area contributed by atoms with Gasteiger partial charge in [-0.3, -0.25) is 28.2 Å². The van der Waals surface area contributed by atoms with Crippen molar-refractivity contribution in [2.75, 3.05) is 61.0 Å². The number of allylic oxidation sites excluding steroid dienone is 3. The van der Waals surface area contributed by atoms with E-state index in [1.165, 1.54) is 22.8 Å². The van der Waals surface area contributed by atoms with E-state index in [0.717, 1.165) is 40.7 Å². The second-order valence-corrected chi connectivity index (χ2v) is 24.9. The minimum atomic E-state index is -4.95. The molecule has 1 fully saturated rings. The minimum absolute atomic E-state index is 0.00471. The van der Waals surface area contributed by atoms with Crippen LogP contribution in [0, 0.1) is 6.92 Å². The highest BCUT2D eigenvalue weighted by Crippen LogP contribution is 2.52. The number of H-pyrrole nitrogens is 1. The highest BCUT2D eigenvalue weighted by atomic mass is 32.2. The lowest BCUT2D eigenvalue weighted by Crippen LogP contribution is -2.33. The van der Waals surface area contributed by atoms with Gasteiger partial charge in [-0.05, 0) is 101 Å². The van der Waals surface area contributed by atoms with Crippen molar-refractivity contribution in [2.45, 2.75) is 114 Å². The Morgan fingerprint density at radius 2 is 1.70 bits per heavy atom. The van der Waals surface area contributed by atoms with Gasteiger partial charge < -0.3 is 55.0 Å². The Bertz CT molecular complexity index is 3780. The number of nitrogens with two attached hydrogens (primary N) is 1. The molecule has 1 amide bonds. The molecule has 0 radical (unpaired) electrons. The number of rotatable bonds is 26. The highest BCUT2D eigenvalue weighted by Gasteiger charge is 2.47. The van der Waals surface area contributed by atoms with E-state index in [1.54, 1.807) is 0 Å². The van der Waals surface area contributed by atoms with Crippen LogP contribution in [0.5, 0.6) is 0 Å². The van der Waals surface area contributed by atoms with Gasteiger partial charge in [0.2, 0.25) is 23.2 Å². The standard InChI is InChI=1S/C55H70N9O16PS2/c1-5-62(6-2)36-22-24-39-38(34(3)49(79-42(39)31-36)35-17-10-9-11-18-35)19-14-20-44-55(4,40-32-37(83(75,76)77)23-25-41(40)63(44)29-16-30-82(72,73)74)26-15-21-45(65)57-27-12-7-8-13-28-58-54-59-46-50(60-53(56)61-51(46)68)64(54)52-48(67)47(66)43(80-52)33-78-81(69,70)71/h9-11,14,17-20,22-25,31-32,43,47-48,52,66-67H,5-8,12-13,15-16,21,26-30,33H2,1-4H3,(H8-,56,57,58,59,60,61,65,68,69,70,71,72,73,74,75,76,77)/t43-,47-,48-,52-,55?/m1/s1. The van der Waals surface area contributed by atoms with Crippen LogP contribution < -0.4 is 36.8 Å². The number of phosphoric acid groups is 1. The van der Waals surface area contributed by atoms with Crippen molar-refractivity contribution in [2.24, 2.45) is 0 Å². The molecule has 2 aromatic carbocycles. The molecule has 0 bridgehead atoms. The summed E-state index contributed by atoms with van der Waals surface area (Å²) in [5.74, 6) is 0.356. The van der Waals surface area contributed by atoms with E-state index in [0.29, 0.717) is 80.1 Å². The topological polar surface area (TPSA) is 378 Å². The SMILES string of the molecule is CC[N+](CC)=c1ccc2c(/C=C/C=C3\N(CCCS(=O)(=O)O)c4ccc(S(=O)(=O)[O-])cc4C3(C)CCCC(=O)NCCCCCCNc3nc4c(=O)[nH]c(N)nc4n3[C@@H]3O[C@H](COP(=O)(O)O)[C@@H](O)[C@H]3O)c(C)c(-c3ccccc3)oc-2c1. The van der Waals surface area contributed by atoms with Crippen LogP contribution >= 0.6 is 7.82 Å². The number of ether oxygens (including phenoxy) is 1. The molecular weight excluding hydrogens is 1140 g/mol. The summed E-state index contributed by atoms with van der Waals surface area (Å²) in [6, 6.07) is 20.0. The summed E-state index contributed by atoms with van der Waals surface area (Å²) in [4.78, 5) is 56.8. The number of benzene rings is 3. The molecule has 28 heteroatoms. The van der Waals surface area contributed by atoms with Crippen molar-refractivity contribution >= 4 is 68.8 Å². The lowest BCUT2D eigenvalue weighted by atomic mass is 9.77. The third kappa shape index (κ3) is 14.7. The van der Waals surface area contributed by atoms with Gasteiger partial charge in [0.25, 0.3) is 15.7 Å². The molecule has 1 saturated heterocycles. The van der Waals surface area contributed by atoms with Crippen LogP contribution in [-0.2, 0) is 44.3 Å². The Hall–Kier alpha value is -6.62. The van der Waals surface area contributed by atoms with Crippen molar-refractivity contribution in [3.63, 3.8) is 0 Å². The summed E-state index contributed by atoms with van der Waals surface area (Å²) in [6.07, 6.45) is 2.93. The Morgan fingerprint density at radius 1 is 0.976 bits per heavy atom. The van der Waals surface area contributed by atoms with Crippen molar-refractivity contribution in [3.05, 3.63) is 117 Å². The number of carbonyl (C=O) groups excluding carboxylic acids is 1. The molecule has 5 heterocycles. The second-order valence-electron chi connectivity index (χ2n) is 20.7. The number of phosphoric ester groups is 1. The van der Waals surface area contributed by atoms with E-state index in [-0.39, 0.29) is 48.4 Å². The fraction of sp³-hybridized carbons (Fsp3) is 0.436. The van der Waals surface area contributed by atoms with Crippen molar-refractivity contribution in [1.82, 2.24) is 29.4 Å². The maximum Gasteiger partial charge on any atom is 0.469 e. The number of fused-ring (bicyclic) bond motifs is 3. The first-order chi connectivity index (χ1) is 39.3. The molecule has 0 spiro atoms. The van der Waals surface area contributed by atoms with Gasteiger partial charge in [-0.25, -0.2) is 22.5 Å². The zero-order chi connectivity index (χ0) is 60.0. The number of carbonyl (C=O) groups is 1. The number of imidazole rings is 1. The molecule has 83 heavy (non-hydrogen) atoms. The average molecular weight is 1210 g/mol. The fourth-order valence-electron chi connectivity index (χ4n) is 10.9. The largest absolute Gasteiger partial charge is 0.744 e. The van der Waals surface area contributed by atoms with Crippen molar-refractivity contribution in [1.29, 1.82) is 0 Å². The number of aromatic nitrogens is 4. The molecule has 1 aliphatic carbocycles. The molecule has 4 aliphatic rings. The zero-order valence-electron chi connectivity index (χ0n) is 46.3. The average Bonchev–Trinajstić information content (AvgIpc) is 2.02. The van der Waals surface area contributed by atoms with Crippen LogP contribution in [-0.4, -0.2) is 135 Å². The van der Waals surface area contributed by atoms with E-state index in [2.05, 4.69) is 54.6 Å². The summed E-state index contributed by atoms with van der Waals surface area (Å²) in [6.45, 7) is 9.65. The Morgan fingerprint density at radius 3 is 2.39 bits per heavy atom. The molecule has 10 N–H and O–H groups in total. The first-order valence-corrected chi connectivity index (χ1v) is 31.8. The van der Waals surface area contributed by atoms with Crippen LogP contribution in [0.1, 0.15) is 95.1 Å². The zero-order valence-corrected chi connectivity index (χ0v) is 48.8. The van der Waals surface area contributed by atoms with Crippen LogP contribution in [0.2, 0.25) is 0 Å². The Labute approximate surface area is 479 Å². The molecule has 3 aliphatic heterocycles. The van der Waals surface area contributed by atoms with Crippen LogP contribution in [0.4, 0.5) is 17.6 Å². The molecule has 25 nitrogen and oxygen atoms in total. The summed E-state index contributed by atoms with van der Waals surface area (Å²) in [5.41, 5.74) is 9.06. The molecular formula is C55H70N9O16PS2. The summed E-state index contributed by atoms with van der Waals surface area (Å²) < 4.78 is 103. The van der Waals surface area contributed by atoms with Crippen LogP contribution in [0.25, 0.3) is 39.9 Å². The molecule has 1 unspecified atom stereocenters. The van der Waals surface area contributed by atoms with Crippen molar-refractivity contribution < 1.29 is 69.0 Å². The minimum Gasteiger partial charge on any atom is -0.744 e. The Kier molecular flexibility index (Phi) is 19.6. The summed E-state index contributed by atoms with van der Waals surface area (Å²) in [5, 5.41) is 28.7. The maximum atomic E-state index is 13.4. The number of aliphatic hydroxyl groups is 2. The number of unbranched alkanes of at least 4 members (excludes halogenated alkanes) is 3. The van der Waals surface area contributed by atoms with Crippen molar-refractivity contribution in [3.8, 4) is 22.6 Å². The third-order valence-corrected chi connectivity index (χ3v) is 17.2. The fourth-order valence-corrected chi connectivity index (χ4v) is 12.2. The van der Waals surface area contributed by atoms with Gasteiger partial charge in [0.15, 0.2) is 17.4 Å². The Balaban J connectivity index is 0.956. The van der Waals surface area contributed by atoms with E-state index in [4.69, 9.17) is 24.7 Å². The molecule has 448 valence electrons. The first-order valence-electron chi connectivity index (χ1n) is 27.2. The predicted molar refractivity (Wildman–Crippen MR) is 309 cm³/mol. The van der Waals surface area contributed by atoms with Crippen LogP contribution in [0.15, 0.2) is 98.7 Å². The van der Waals surface area contributed by atoms with Gasteiger partial charge >= 0.3 is 7.82 Å². The normalized spacial score (nSPS) is 19.8. The number of aromatic amines is 1. The van der Waals surface area contributed by atoms with Gasteiger partial charge in [0.05, 0.1) is 23.3 Å². The van der Waals surface area contributed by atoms with Crippen LogP contribution in [0.3, 0.4) is 0 Å². The quantitative estimate of drug-likeness (QED) is 0.0153. The monoisotopic (exact) mass is 1210 g/mol. The summed E-state index contributed by atoms with van der Waals surface area (Å²) in [7, 11) is -14.2. The maximum absolute atomic E-state index is 13.4. The predicted octanol–water partition coefficient (Wildman–Crippen LogP) is 4.73. The molecule has 8 rings (SSSR count). The number of hydrogen-bond acceptors (Lipinski definition) is 18.